The van der Waals surface area contributed by atoms with Crippen molar-refractivity contribution < 1.29 is 0 Å². The van der Waals surface area contributed by atoms with Gasteiger partial charge in [-0.25, -0.2) is 9.97 Å². The normalized spacial score (nSPS) is 12.0. The molecule has 8 bridgehead atoms. The molecule has 3 aromatic carbocycles. The predicted molar refractivity (Wildman–Crippen MR) is 184 cm³/mol. The van der Waals surface area contributed by atoms with Crippen molar-refractivity contribution in [3.8, 4) is 22.3 Å². The Kier molecular flexibility index (Phi) is 6.27. The Morgan fingerprint density at radius 1 is 0.477 bits per heavy atom. The Bertz CT molecular complexity index is 2090. The maximum absolute atomic E-state index is 5.07. The number of anilines is 2. The van der Waals surface area contributed by atoms with Crippen molar-refractivity contribution >= 4 is 57.7 Å². The molecule has 0 atom stereocenters. The van der Waals surface area contributed by atoms with Crippen LogP contribution in [0.2, 0.25) is 0 Å². The lowest BCUT2D eigenvalue weighted by molar-refractivity contribution is 1.22. The van der Waals surface area contributed by atoms with E-state index >= 15 is 0 Å². The van der Waals surface area contributed by atoms with Crippen LogP contribution in [0, 0.1) is 0 Å². The number of benzene rings is 3. The molecule has 2 aliphatic rings. The first-order chi connectivity index (χ1) is 21.7. The summed E-state index contributed by atoms with van der Waals surface area (Å²) < 4.78 is 0. The minimum atomic E-state index is 0.872. The fourth-order valence-corrected chi connectivity index (χ4v) is 6.08. The third-order valence-corrected chi connectivity index (χ3v) is 8.16. The topological polar surface area (TPSA) is 60.6 Å². The van der Waals surface area contributed by atoms with Crippen LogP contribution in [0.15, 0.2) is 121 Å². The van der Waals surface area contributed by atoms with Gasteiger partial charge in [-0.15, -0.1) is 0 Å². The van der Waals surface area contributed by atoms with Crippen molar-refractivity contribution in [2.75, 3.05) is 11.9 Å². The van der Waals surface area contributed by atoms with Gasteiger partial charge in [0.05, 0.1) is 39.5 Å². The van der Waals surface area contributed by atoms with Gasteiger partial charge < -0.3 is 14.9 Å². The van der Waals surface area contributed by atoms with Crippen LogP contribution in [0.1, 0.15) is 22.8 Å². The highest BCUT2D eigenvalue weighted by atomic mass is 15.1. The van der Waals surface area contributed by atoms with Crippen LogP contribution in [-0.2, 0) is 0 Å². The Morgan fingerprint density at radius 2 is 0.909 bits per heavy atom. The Morgan fingerprint density at radius 3 is 1.39 bits per heavy atom. The van der Waals surface area contributed by atoms with Gasteiger partial charge >= 0.3 is 0 Å². The summed E-state index contributed by atoms with van der Waals surface area (Å²) in [5, 5.41) is 0. The van der Waals surface area contributed by atoms with Gasteiger partial charge in [-0.3, -0.25) is 0 Å². The molecule has 0 fully saturated rings. The molecule has 3 aromatic heterocycles. The van der Waals surface area contributed by atoms with E-state index in [9.17, 15) is 0 Å². The second kappa shape index (κ2) is 10.7. The van der Waals surface area contributed by atoms with E-state index < -0.39 is 0 Å². The number of aromatic amines is 2. The van der Waals surface area contributed by atoms with Crippen molar-refractivity contribution in [3.05, 3.63) is 144 Å². The summed E-state index contributed by atoms with van der Waals surface area (Å²) >= 11 is 0. The summed E-state index contributed by atoms with van der Waals surface area (Å²) in [7, 11) is 2.11. The molecule has 6 aromatic rings. The molecule has 0 saturated heterocycles. The van der Waals surface area contributed by atoms with Gasteiger partial charge in [0.1, 0.15) is 0 Å². The second-order valence-electron chi connectivity index (χ2n) is 11.0. The molecule has 0 spiro atoms. The molecule has 2 N–H and O–H groups in total. The van der Waals surface area contributed by atoms with Gasteiger partial charge in [0.15, 0.2) is 0 Å². The van der Waals surface area contributed by atoms with E-state index in [0.717, 1.165) is 78.5 Å². The average molecular weight is 568 g/mol. The number of fused-ring (bicyclic) bond motifs is 8. The van der Waals surface area contributed by atoms with Crippen LogP contribution < -0.4 is 4.90 Å². The third kappa shape index (κ3) is 4.61. The van der Waals surface area contributed by atoms with Crippen molar-refractivity contribution in [3.63, 3.8) is 0 Å². The SMILES string of the molecule is CN(c1ccccc1)c1c2ccc([nH]2)c(-c2ccccc2)c2nc(cc3nc(c(-c4ccccc4)c4ccc1[nH]4)C=C3)C=C2. The zero-order chi connectivity index (χ0) is 29.5. The van der Waals surface area contributed by atoms with Crippen molar-refractivity contribution in [1.82, 2.24) is 19.9 Å². The summed E-state index contributed by atoms with van der Waals surface area (Å²) in [4.78, 5) is 19.9. The number of nitrogens with zero attached hydrogens (tertiary/aromatic N) is 3. The maximum atomic E-state index is 5.07. The zero-order valence-corrected chi connectivity index (χ0v) is 24.2. The predicted octanol–water partition coefficient (Wildman–Crippen LogP) is 9.76. The monoisotopic (exact) mass is 567 g/mol. The van der Waals surface area contributed by atoms with E-state index in [1.807, 2.05) is 24.3 Å². The van der Waals surface area contributed by atoms with Crippen LogP contribution in [0.25, 0.3) is 68.6 Å². The first kappa shape index (κ1) is 25.7. The van der Waals surface area contributed by atoms with E-state index in [-0.39, 0.29) is 0 Å². The minimum absolute atomic E-state index is 0.872. The molecule has 44 heavy (non-hydrogen) atoms. The summed E-state index contributed by atoms with van der Waals surface area (Å²) in [6.45, 7) is 0. The number of hydrogen-bond donors (Lipinski definition) is 2. The molecule has 0 amide bonds. The van der Waals surface area contributed by atoms with Gasteiger partial charge in [0.2, 0.25) is 0 Å². The lowest BCUT2D eigenvalue weighted by Gasteiger charge is -2.20. The largest absolute Gasteiger partial charge is 0.353 e. The maximum Gasteiger partial charge on any atom is 0.0886 e. The molecule has 0 unspecified atom stereocenters. The van der Waals surface area contributed by atoms with E-state index in [0.29, 0.717) is 0 Å². The fourth-order valence-electron chi connectivity index (χ4n) is 6.08. The highest BCUT2D eigenvalue weighted by Crippen LogP contribution is 2.36. The molecular weight excluding hydrogens is 538 g/mol. The van der Waals surface area contributed by atoms with Gasteiger partial charge in [0, 0.05) is 34.9 Å². The summed E-state index contributed by atoms with van der Waals surface area (Å²) in [6.07, 6.45) is 8.31. The Labute approximate surface area is 255 Å². The molecule has 5 heterocycles. The molecule has 210 valence electrons. The lowest BCUT2D eigenvalue weighted by atomic mass is 10.0. The van der Waals surface area contributed by atoms with Crippen LogP contribution in [-0.4, -0.2) is 27.0 Å². The van der Waals surface area contributed by atoms with E-state index in [1.54, 1.807) is 0 Å². The van der Waals surface area contributed by atoms with Crippen LogP contribution in [0.5, 0.6) is 0 Å². The van der Waals surface area contributed by atoms with E-state index in [2.05, 4.69) is 143 Å². The van der Waals surface area contributed by atoms with Crippen molar-refractivity contribution in [1.29, 1.82) is 0 Å². The standard InChI is InChI=1S/C39H29N5/c1-44(30-15-9-4-10-16-30)39-35-23-21-33(42-35)37(26-11-5-2-6-12-26)31-19-17-28(40-31)25-29-18-20-32(41-29)38(27-13-7-3-8-14-27)34-22-24-36(39)43-34/h2-25,42-43H,1H3. The molecule has 2 aliphatic heterocycles. The summed E-state index contributed by atoms with van der Waals surface area (Å²) in [5.74, 6) is 0. The van der Waals surface area contributed by atoms with Crippen LogP contribution in [0.4, 0.5) is 11.4 Å². The molecular formula is C39H29N5. The third-order valence-electron chi connectivity index (χ3n) is 8.16. The molecule has 5 nitrogen and oxygen atoms in total. The van der Waals surface area contributed by atoms with Gasteiger partial charge in [-0.1, -0.05) is 78.9 Å². The van der Waals surface area contributed by atoms with Gasteiger partial charge in [0.25, 0.3) is 0 Å². The Balaban J connectivity index is 1.52. The lowest BCUT2D eigenvalue weighted by Crippen LogP contribution is -2.09. The van der Waals surface area contributed by atoms with Crippen LogP contribution >= 0.6 is 0 Å². The number of H-pyrrole nitrogens is 2. The molecule has 0 aliphatic carbocycles. The molecule has 0 saturated carbocycles. The highest BCUT2D eigenvalue weighted by molar-refractivity contribution is 5.98. The van der Waals surface area contributed by atoms with E-state index in [4.69, 9.17) is 9.97 Å². The summed E-state index contributed by atoms with van der Waals surface area (Å²) in [5.41, 5.74) is 14.0. The van der Waals surface area contributed by atoms with Crippen LogP contribution in [0.3, 0.4) is 0 Å². The molecule has 5 heteroatoms. The van der Waals surface area contributed by atoms with Crippen molar-refractivity contribution in [2.24, 2.45) is 0 Å². The van der Waals surface area contributed by atoms with Gasteiger partial charge in [-0.2, -0.15) is 0 Å². The molecule has 0 radical (unpaired) electrons. The highest BCUT2D eigenvalue weighted by Gasteiger charge is 2.16. The number of hydrogen-bond acceptors (Lipinski definition) is 3. The second-order valence-corrected chi connectivity index (χ2v) is 11.0. The van der Waals surface area contributed by atoms with Crippen molar-refractivity contribution in [2.45, 2.75) is 0 Å². The average Bonchev–Trinajstić information content (AvgIpc) is 3.90. The molecule has 8 rings (SSSR count). The number of para-hydroxylation sites is 1. The number of aromatic nitrogens is 4. The van der Waals surface area contributed by atoms with E-state index in [1.165, 1.54) is 0 Å². The zero-order valence-electron chi connectivity index (χ0n) is 24.2. The first-order valence-electron chi connectivity index (χ1n) is 14.7. The fraction of sp³-hybridized carbons (Fsp3) is 0.0256. The quantitative estimate of drug-likeness (QED) is 0.223. The van der Waals surface area contributed by atoms with Gasteiger partial charge in [-0.05, 0) is 77.9 Å². The minimum Gasteiger partial charge on any atom is -0.353 e. The number of nitrogens with one attached hydrogen (secondary N) is 2. The number of rotatable bonds is 4. The first-order valence-corrected chi connectivity index (χ1v) is 14.7. The summed E-state index contributed by atoms with van der Waals surface area (Å²) in [6, 6.07) is 42.0. The smallest absolute Gasteiger partial charge is 0.0886 e. The Hall–Kier alpha value is -5.94.